The number of anilines is 1. The molecule has 1 saturated heterocycles. The largest absolute Gasteiger partial charge is 0.460 e. The number of aldehydes is 1. The van der Waals surface area contributed by atoms with Gasteiger partial charge in [0.25, 0.3) is 0 Å². The highest BCUT2D eigenvalue weighted by Crippen LogP contribution is 2.20. The molecule has 0 spiro atoms. The third kappa shape index (κ3) is 7.88. The van der Waals surface area contributed by atoms with Gasteiger partial charge in [0.15, 0.2) is 5.78 Å². The average Bonchev–Trinajstić information content (AvgIpc) is 2.77. The molecule has 0 N–H and O–H groups in total. The van der Waals surface area contributed by atoms with Crippen molar-refractivity contribution in [3.8, 4) is 0 Å². The Kier molecular flexibility index (Phi) is 9.16. The van der Waals surface area contributed by atoms with Crippen molar-refractivity contribution in [3.05, 3.63) is 42.5 Å². The second-order valence-electron chi connectivity index (χ2n) is 9.20. The summed E-state index contributed by atoms with van der Waals surface area (Å²) < 4.78 is 11.3. The number of nitrogens with zero attached hydrogens (tertiary/aromatic N) is 2. The van der Waals surface area contributed by atoms with Crippen molar-refractivity contribution in [1.82, 2.24) is 4.90 Å². The maximum Gasteiger partial charge on any atom is 0.307 e. The lowest BCUT2D eigenvalue weighted by Gasteiger charge is -2.36. The fourth-order valence-electron chi connectivity index (χ4n) is 3.52. The highest BCUT2D eigenvalue weighted by atomic mass is 16.6. The zero-order valence-corrected chi connectivity index (χ0v) is 19.8. The Bertz CT molecular complexity index is 793. The maximum atomic E-state index is 12.4. The summed E-state index contributed by atoms with van der Waals surface area (Å²) >= 11 is 0. The first-order valence-corrected chi connectivity index (χ1v) is 11.1. The predicted octanol–water partition coefficient (Wildman–Crippen LogP) is 3.27. The first-order chi connectivity index (χ1) is 15.1. The van der Waals surface area contributed by atoms with Crippen LogP contribution in [0.25, 0.3) is 0 Å². The summed E-state index contributed by atoms with van der Waals surface area (Å²) in [5.41, 5.74) is 0.183. The summed E-state index contributed by atoms with van der Waals surface area (Å²) in [5, 5.41) is 0. The molecule has 0 radical (unpaired) electrons. The second-order valence-corrected chi connectivity index (χ2v) is 9.20. The van der Waals surface area contributed by atoms with Crippen LogP contribution in [0.5, 0.6) is 0 Å². The summed E-state index contributed by atoms with van der Waals surface area (Å²) in [6.07, 6.45) is 2.93. The zero-order chi connectivity index (χ0) is 23.8. The fraction of sp³-hybridized carbons (Fsp3) is 0.560. The Labute approximate surface area is 191 Å². The number of hydrogen-bond donors (Lipinski definition) is 0. The summed E-state index contributed by atoms with van der Waals surface area (Å²) in [5.74, 6) is -0.409. The molecule has 0 unspecified atom stereocenters. The van der Waals surface area contributed by atoms with Gasteiger partial charge in [0, 0.05) is 50.4 Å². The van der Waals surface area contributed by atoms with Crippen molar-refractivity contribution in [2.24, 2.45) is 0 Å². The van der Waals surface area contributed by atoms with E-state index in [2.05, 4.69) is 16.4 Å². The van der Waals surface area contributed by atoms with Crippen LogP contribution in [0.1, 0.15) is 50.9 Å². The van der Waals surface area contributed by atoms with Crippen molar-refractivity contribution >= 4 is 23.7 Å². The third-order valence-electron chi connectivity index (χ3n) is 5.73. The van der Waals surface area contributed by atoms with E-state index in [0.717, 1.165) is 38.2 Å². The predicted molar refractivity (Wildman–Crippen MR) is 125 cm³/mol. The Morgan fingerprint density at radius 2 is 1.69 bits per heavy atom. The number of carbonyl (C=O) groups is 3. The van der Waals surface area contributed by atoms with E-state index in [1.54, 1.807) is 13.8 Å². The molecule has 176 valence electrons. The van der Waals surface area contributed by atoms with Gasteiger partial charge in [-0.1, -0.05) is 6.58 Å². The molecule has 7 nitrogen and oxygen atoms in total. The Morgan fingerprint density at radius 1 is 1.06 bits per heavy atom. The van der Waals surface area contributed by atoms with Crippen LogP contribution >= 0.6 is 0 Å². The molecule has 0 amide bonds. The minimum atomic E-state index is -0.930. The van der Waals surface area contributed by atoms with Crippen LogP contribution in [0.2, 0.25) is 0 Å². The highest BCUT2D eigenvalue weighted by Gasteiger charge is 2.29. The van der Waals surface area contributed by atoms with Gasteiger partial charge in [-0.05, 0) is 58.0 Å². The fourth-order valence-corrected chi connectivity index (χ4v) is 3.52. The van der Waals surface area contributed by atoms with E-state index in [1.165, 1.54) is 6.08 Å². The van der Waals surface area contributed by atoms with Gasteiger partial charge in [-0.2, -0.15) is 0 Å². The van der Waals surface area contributed by atoms with Crippen LogP contribution < -0.4 is 4.90 Å². The number of carbonyl (C=O) groups excluding carboxylic acids is 3. The minimum absolute atomic E-state index is 0.176. The van der Waals surface area contributed by atoms with Crippen LogP contribution in [-0.4, -0.2) is 73.5 Å². The zero-order valence-electron chi connectivity index (χ0n) is 19.8. The van der Waals surface area contributed by atoms with Crippen LogP contribution in [0.15, 0.2) is 36.9 Å². The molecule has 1 aromatic carbocycles. The number of rotatable bonds is 12. The Balaban J connectivity index is 1.69. The lowest BCUT2D eigenvalue weighted by Crippen LogP contribution is -2.47. The first kappa shape index (κ1) is 25.7. The lowest BCUT2D eigenvalue weighted by molar-refractivity contribution is -0.160. The molecule has 7 heteroatoms. The number of ether oxygens (including phenoxy) is 2. The summed E-state index contributed by atoms with van der Waals surface area (Å²) in [6, 6.07) is 7.60. The standard InChI is InChI=1S/C25H36N2O5/c1-6-22(29)25(4,5)31-18-12-24(2,3)32-23(30)11-13-26-14-16-27(17-15-26)21-9-7-20(19-28)8-10-21/h6-10,19H,1,11-18H2,2-5H3. The van der Waals surface area contributed by atoms with Crippen molar-refractivity contribution in [2.45, 2.75) is 51.7 Å². The van der Waals surface area contributed by atoms with Crippen molar-refractivity contribution in [3.63, 3.8) is 0 Å². The van der Waals surface area contributed by atoms with E-state index in [-0.39, 0.29) is 11.8 Å². The number of piperazine rings is 1. The van der Waals surface area contributed by atoms with E-state index < -0.39 is 11.2 Å². The second kappa shape index (κ2) is 11.4. The Hall–Kier alpha value is -2.51. The van der Waals surface area contributed by atoms with Crippen molar-refractivity contribution in [1.29, 1.82) is 0 Å². The van der Waals surface area contributed by atoms with Gasteiger partial charge < -0.3 is 14.4 Å². The van der Waals surface area contributed by atoms with Gasteiger partial charge in [-0.15, -0.1) is 0 Å². The van der Waals surface area contributed by atoms with Crippen LogP contribution in [0.3, 0.4) is 0 Å². The normalized spacial score (nSPS) is 15.3. The Morgan fingerprint density at radius 3 is 2.25 bits per heavy atom. The quantitative estimate of drug-likeness (QED) is 0.278. The molecule has 0 atom stereocenters. The van der Waals surface area contributed by atoms with Gasteiger partial charge in [0.2, 0.25) is 0 Å². The molecule has 0 bridgehead atoms. The van der Waals surface area contributed by atoms with Crippen molar-refractivity contribution in [2.75, 3.05) is 44.2 Å². The highest BCUT2D eigenvalue weighted by molar-refractivity contribution is 5.95. The van der Waals surface area contributed by atoms with Crippen LogP contribution in [0.4, 0.5) is 5.69 Å². The van der Waals surface area contributed by atoms with Gasteiger partial charge in [0.1, 0.15) is 17.5 Å². The summed E-state index contributed by atoms with van der Waals surface area (Å²) in [7, 11) is 0. The van der Waals surface area contributed by atoms with Gasteiger partial charge >= 0.3 is 5.97 Å². The molecule has 1 fully saturated rings. The van der Waals surface area contributed by atoms with E-state index >= 15 is 0 Å². The summed E-state index contributed by atoms with van der Waals surface area (Å²) in [6.45, 7) is 15.0. The average molecular weight is 445 g/mol. The monoisotopic (exact) mass is 444 g/mol. The smallest absolute Gasteiger partial charge is 0.307 e. The van der Waals surface area contributed by atoms with Gasteiger partial charge in [-0.3, -0.25) is 19.3 Å². The molecular formula is C25H36N2O5. The van der Waals surface area contributed by atoms with Crippen molar-refractivity contribution < 1.29 is 23.9 Å². The molecule has 32 heavy (non-hydrogen) atoms. The molecule has 0 aliphatic carbocycles. The molecule has 1 aliphatic rings. The molecule has 0 aromatic heterocycles. The number of hydrogen-bond acceptors (Lipinski definition) is 7. The molecule has 1 heterocycles. The molecule has 1 aliphatic heterocycles. The van der Waals surface area contributed by atoms with E-state index in [4.69, 9.17) is 9.47 Å². The molecule has 1 aromatic rings. The number of ketones is 1. The van der Waals surface area contributed by atoms with E-state index in [9.17, 15) is 14.4 Å². The van der Waals surface area contributed by atoms with E-state index in [0.29, 0.717) is 31.6 Å². The first-order valence-electron chi connectivity index (χ1n) is 11.1. The minimum Gasteiger partial charge on any atom is -0.460 e. The van der Waals surface area contributed by atoms with Gasteiger partial charge in [-0.25, -0.2) is 0 Å². The van der Waals surface area contributed by atoms with Crippen LogP contribution in [0, 0.1) is 0 Å². The SMILES string of the molecule is C=CC(=O)C(C)(C)OCCC(C)(C)OC(=O)CCN1CCN(c2ccc(C=O)cc2)CC1. The van der Waals surface area contributed by atoms with Crippen LogP contribution in [-0.2, 0) is 19.1 Å². The molecule has 0 saturated carbocycles. The number of benzene rings is 1. The number of esters is 1. The lowest BCUT2D eigenvalue weighted by atomic mass is 10.0. The third-order valence-corrected chi connectivity index (χ3v) is 5.73. The van der Waals surface area contributed by atoms with Gasteiger partial charge in [0.05, 0.1) is 13.0 Å². The summed E-state index contributed by atoms with van der Waals surface area (Å²) in [4.78, 5) is 39.5. The molecular weight excluding hydrogens is 408 g/mol. The maximum absolute atomic E-state index is 12.4. The molecule has 2 rings (SSSR count). The topological polar surface area (TPSA) is 76.2 Å². The van der Waals surface area contributed by atoms with E-state index in [1.807, 2.05) is 38.1 Å².